The molecule has 0 bridgehead atoms. The third kappa shape index (κ3) is 3.66. The summed E-state index contributed by atoms with van der Waals surface area (Å²) in [7, 11) is 0. The molecule has 1 aromatic rings. The molecule has 3 aliphatic rings. The van der Waals surface area contributed by atoms with Crippen LogP contribution in [0.4, 0.5) is 4.39 Å². The second-order valence-electron chi connectivity index (χ2n) is 8.38. The van der Waals surface area contributed by atoms with Gasteiger partial charge < -0.3 is 15.1 Å². The van der Waals surface area contributed by atoms with Gasteiger partial charge in [-0.1, -0.05) is 25.0 Å². The molecule has 2 amide bonds. The number of fused-ring (bicyclic) bond motifs is 1. The zero-order valence-electron chi connectivity index (χ0n) is 16.6. The van der Waals surface area contributed by atoms with Crippen molar-refractivity contribution in [1.82, 2.24) is 15.1 Å². The van der Waals surface area contributed by atoms with Crippen LogP contribution in [0.3, 0.4) is 0 Å². The Morgan fingerprint density at radius 2 is 2.11 bits per heavy atom. The molecule has 1 N–H and O–H groups in total. The van der Waals surface area contributed by atoms with Crippen molar-refractivity contribution in [2.75, 3.05) is 26.2 Å². The summed E-state index contributed by atoms with van der Waals surface area (Å²) in [6.45, 7) is 4.67. The van der Waals surface area contributed by atoms with E-state index in [4.69, 9.17) is 0 Å². The topological polar surface area (TPSA) is 52.7 Å². The molecule has 3 aliphatic heterocycles. The van der Waals surface area contributed by atoms with Crippen LogP contribution in [0, 0.1) is 11.7 Å². The summed E-state index contributed by atoms with van der Waals surface area (Å²) in [5.74, 6) is -0.216. The molecule has 4 rings (SSSR count). The summed E-state index contributed by atoms with van der Waals surface area (Å²) in [5, 5.41) is 3.66. The lowest BCUT2D eigenvalue weighted by atomic mass is 9.88. The van der Waals surface area contributed by atoms with Crippen LogP contribution in [0.5, 0.6) is 0 Å². The highest BCUT2D eigenvalue weighted by Crippen LogP contribution is 2.37. The number of nitrogens with one attached hydrogen (secondary N) is 1. The van der Waals surface area contributed by atoms with Gasteiger partial charge in [-0.15, -0.1) is 0 Å². The second-order valence-corrected chi connectivity index (χ2v) is 8.38. The van der Waals surface area contributed by atoms with Gasteiger partial charge in [-0.3, -0.25) is 9.59 Å². The van der Waals surface area contributed by atoms with Gasteiger partial charge in [0, 0.05) is 44.1 Å². The van der Waals surface area contributed by atoms with Gasteiger partial charge in [-0.2, -0.15) is 0 Å². The van der Waals surface area contributed by atoms with Gasteiger partial charge in [-0.05, 0) is 44.0 Å². The molecule has 3 saturated heterocycles. The van der Waals surface area contributed by atoms with E-state index in [0.717, 1.165) is 37.8 Å². The number of amides is 2. The number of rotatable bonds is 3. The standard InChI is InChI=1S/C22H30FN3O2/c1-2-25-13-16(12-20(25)27)22(28)26-14-18(15-7-6-8-17(23)11-15)21-19(26)9-4-3-5-10-24-21/h6-8,11,16,18-19,21,24H,2-5,9-10,12-14H2,1H3/t16-,18+,19-,21+/m1/s1. The van der Waals surface area contributed by atoms with E-state index in [2.05, 4.69) is 5.32 Å². The zero-order valence-corrected chi connectivity index (χ0v) is 16.6. The molecule has 0 spiro atoms. The minimum Gasteiger partial charge on any atom is -0.342 e. The molecular weight excluding hydrogens is 357 g/mol. The monoisotopic (exact) mass is 387 g/mol. The average molecular weight is 387 g/mol. The fourth-order valence-corrected chi connectivity index (χ4v) is 5.24. The van der Waals surface area contributed by atoms with Gasteiger partial charge in [0.25, 0.3) is 0 Å². The number of carbonyl (C=O) groups excluding carboxylic acids is 2. The zero-order chi connectivity index (χ0) is 19.7. The van der Waals surface area contributed by atoms with E-state index in [1.165, 1.54) is 6.07 Å². The van der Waals surface area contributed by atoms with E-state index >= 15 is 0 Å². The van der Waals surface area contributed by atoms with Gasteiger partial charge in [0.15, 0.2) is 0 Å². The summed E-state index contributed by atoms with van der Waals surface area (Å²) in [4.78, 5) is 29.3. The number of carbonyl (C=O) groups is 2. The number of hydrogen-bond acceptors (Lipinski definition) is 3. The molecule has 1 aromatic carbocycles. The first-order valence-electron chi connectivity index (χ1n) is 10.7. The van der Waals surface area contributed by atoms with Crippen molar-refractivity contribution in [3.63, 3.8) is 0 Å². The predicted molar refractivity (Wildman–Crippen MR) is 105 cm³/mol. The quantitative estimate of drug-likeness (QED) is 0.867. The van der Waals surface area contributed by atoms with Crippen molar-refractivity contribution in [2.24, 2.45) is 5.92 Å². The van der Waals surface area contributed by atoms with Gasteiger partial charge in [-0.25, -0.2) is 4.39 Å². The van der Waals surface area contributed by atoms with E-state index in [9.17, 15) is 14.0 Å². The highest BCUT2D eigenvalue weighted by Gasteiger charge is 2.47. The molecule has 0 radical (unpaired) electrons. The maximum Gasteiger partial charge on any atom is 0.228 e. The van der Waals surface area contributed by atoms with E-state index in [1.54, 1.807) is 17.0 Å². The van der Waals surface area contributed by atoms with Crippen LogP contribution in [0.15, 0.2) is 24.3 Å². The molecule has 3 fully saturated rings. The highest BCUT2D eigenvalue weighted by molar-refractivity contribution is 5.89. The molecular formula is C22H30FN3O2. The van der Waals surface area contributed by atoms with Crippen molar-refractivity contribution in [2.45, 2.75) is 57.0 Å². The summed E-state index contributed by atoms with van der Waals surface area (Å²) < 4.78 is 13.9. The third-order valence-corrected chi connectivity index (χ3v) is 6.70. The average Bonchev–Trinajstić information content (AvgIpc) is 3.21. The number of likely N-dealkylation sites (tertiary alicyclic amines) is 2. The van der Waals surface area contributed by atoms with Gasteiger partial charge in [0.2, 0.25) is 11.8 Å². The largest absolute Gasteiger partial charge is 0.342 e. The smallest absolute Gasteiger partial charge is 0.228 e. The summed E-state index contributed by atoms with van der Waals surface area (Å²) in [5.41, 5.74) is 0.955. The molecule has 0 aliphatic carbocycles. The first-order chi connectivity index (χ1) is 13.6. The normalized spacial score (nSPS) is 30.9. The van der Waals surface area contributed by atoms with E-state index in [1.807, 2.05) is 17.9 Å². The lowest BCUT2D eigenvalue weighted by molar-refractivity contribution is -0.137. The minimum absolute atomic E-state index is 0.0778. The number of benzene rings is 1. The molecule has 0 saturated carbocycles. The van der Waals surface area contributed by atoms with Crippen molar-refractivity contribution >= 4 is 11.8 Å². The Hall–Kier alpha value is -1.95. The van der Waals surface area contributed by atoms with Gasteiger partial charge >= 0.3 is 0 Å². The molecule has 152 valence electrons. The van der Waals surface area contributed by atoms with Crippen LogP contribution in [0.2, 0.25) is 0 Å². The fourth-order valence-electron chi connectivity index (χ4n) is 5.24. The lowest BCUT2D eigenvalue weighted by Crippen LogP contribution is -2.48. The number of nitrogens with zero attached hydrogens (tertiary/aromatic N) is 2. The van der Waals surface area contributed by atoms with Crippen molar-refractivity contribution < 1.29 is 14.0 Å². The van der Waals surface area contributed by atoms with E-state index in [-0.39, 0.29) is 41.6 Å². The minimum atomic E-state index is -0.246. The van der Waals surface area contributed by atoms with Crippen LogP contribution >= 0.6 is 0 Å². The summed E-state index contributed by atoms with van der Waals surface area (Å²) in [6.07, 6.45) is 4.68. The van der Waals surface area contributed by atoms with E-state index in [0.29, 0.717) is 26.1 Å². The van der Waals surface area contributed by atoms with Crippen LogP contribution < -0.4 is 5.32 Å². The molecule has 0 aromatic heterocycles. The van der Waals surface area contributed by atoms with Crippen LogP contribution in [0.25, 0.3) is 0 Å². The number of halogens is 1. The van der Waals surface area contributed by atoms with Crippen molar-refractivity contribution in [1.29, 1.82) is 0 Å². The number of hydrogen-bond donors (Lipinski definition) is 1. The Bertz CT molecular complexity index is 740. The molecule has 6 heteroatoms. The fraction of sp³-hybridized carbons (Fsp3) is 0.636. The van der Waals surface area contributed by atoms with Crippen LogP contribution in [-0.4, -0.2) is 59.9 Å². The third-order valence-electron chi connectivity index (χ3n) is 6.70. The Kier molecular flexibility index (Phi) is 5.67. The molecule has 5 nitrogen and oxygen atoms in total. The SMILES string of the molecule is CCN1C[C@H](C(=O)N2C[C@@H](c3cccc(F)c3)[C@@H]3NCCCCC[C@H]32)CC1=O. The van der Waals surface area contributed by atoms with Crippen molar-refractivity contribution in [3.05, 3.63) is 35.6 Å². The van der Waals surface area contributed by atoms with Crippen molar-refractivity contribution in [3.8, 4) is 0 Å². The van der Waals surface area contributed by atoms with Crippen LogP contribution in [0.1, 0.15) is 50.5 Å². The molecule has 28 heavy (non-hydrogen) atoms. The first kappa shape index (κ1) is 19.4. The molecule has 4 atom stereocenters. The Morgan fingerprint density at radius 1 is 1.25 bits per heavy atom. The van der Waals surface area contributed by atoms with E-state index < -0.39 is 0 Å². The lowest BCUT2D eigenvalue weighted by Gasteiger charge is -2.32. The highest BCUT2D eigenvalue weighted by atomic mass is 19.1. The summed E-state index contributed by atoms with van der Waals surface area (Å²) in [6, 6.07) is 7.05. The summed E-state index contributed by atoms with van der Waals surface area (Å²) >= 11 is 0. The maximum atomic E-state index is 13.9. The Morgan fingerprint density at radius 3 is 2.86 bits per heavy atom. The Balaban J connectivity index is 1.59. The Labute approximate surface area is 166 Å². The van der Waals surface area contributed by atoms with Crippen LogP contribution in [-0.2, 0) is 9.59 Å². The molecule has 0 unspecified atom stereocenters. The van der Waals surface area contributed by atoms with Gasteiger partial charge in [0.1, 0.15) is 5.82 Å². The molecule has 3 heterocycles. The predicted octanol–water partition coefficient (Wildman–Crippen LogP) is 2.52. The first-order valence-corrected chi connectivity index (χ1v) is 10.7. The second kappa shape index (κ2) is 8.19. The van der Waals surface area contributed by atoms with Gasteiger partial charge in [0.05, 0.1) is 5.92 Å². The maximum absolute atomic E-state index is 13.9.